The molecule has 0 amide bonds. The van der Waals surface area contributed by atoms with Gasteiger partial charge in [-0.2, -0.15) is 0 Å². The molecule has 0 aliphatic rings. The van der Waals surface area contributed by atoms with Gasteiger partial charge >= 0.3 is 0 Å². The first-order chi connectivity index (χ1) is 30.2. The van der Waals surface area contributed by atoms with Crippen LogP contribution in [-0.4, -0.2) is 38.7 Å². The Hall–Kier alpha value is -6.80. The highest BCUT2D eigenvalue weighted by atomic mass is 15.4. The maximum Gasteiger partial charge on any atom is 0.160 e. The monoisotopic (exact) mass is 828 g/mol. The summed E-state index contributed by atoms with van der Waals surface area (Å²) in [6, 6.07) is 47.4. The van der Waals surface area contributed by atoms with Gasteiger partial charge in [-0.1, -0.05) is 114 Å². The van der Waals surface area contributed by atoms with Gasteiger partial charge in [0.2, 0.25) is 0 Å². The van der Waals surface area contributed by atoms with Crippen molar-refractivity contribution in [2.75, 3.05) is 0 Å². The lowest BCUT2D eigenvalue weighted by Crippen LogP contribution is -2.25. The Morgan fingerprint density at radius 2 is 0.730 bits per heavy atom. The average molecular weight is 829 g/mol. The fourth-order valence-corrected chi connectivity index (χ4v) is 8.94. The Morgan fingerprint density at radius 3 is 1.06 bits per heavy atom. The Balaban J connectivity index is 1.08. The van der Waals surface area contributed by atoms with Crippen LogP contribution < -0.4 is 0 Å². The summed E-state index contributed by atoms with van der Waals surface area (Å²) in [4.78, 5) is 10.9. The topological polar surface area (TPSA) is 71.3 Å². The molecule has 0 unspecified atom stereocenters. The van der Waals surface area contributed by atoms with E-state index in [-0.39, 0.29) is 10.8 Å². The van der Waals surface area contributed by atoms with E-state index in [0.29, 0.717) is 0 Å². The molecule has 0 saturated carbocycles. The van der Waals surface area contributed by atoms with Gasteiger partial charge in [0.15, 0.2) is 23.3 Å². The largest absolute Gasteiger partial charge is 0.292 e. The van der Waals surface area contributed by atoms with Gasteiger partial charge < -0.3 is 0 Å². The van der Waals surface area contributed by atoms with Crippen LogP contribution in [0.3, 0.4) is 0 Å². The number of hydrogen-bond acceptors (Lipinski definition) is 4. The molecule has 6 aromatic heterocycles. The molecule has 8 heteroatoms. The Bertz CT molecular complexity index is 2980. The fraction of sp³-hybridized carbons (Fsp3) is 0.273. The number of benzene rings is 4. The summed E-state index contributed by atoms with van der Waals surface area (Å²) >= 11 is 0. The molecule has 0 fully saturated rings. The van der Waals surface area contributed by atoms with Crippen molar-refractivity contribution in [3.63, 3.8) is 0 Å². The van der Waals surface area contributed by atoms with E-state index < -0.39 is 5.41 Å². The number of fused-ring (bicyclic) bond motifs is 6. The van der Waals surface area contributed by atoms with E-state index in [1.165, 1.54) is 32.7 Å². The van der Waals surface area contributed by atoms with Gasteiger partial charge in [0, 0.05) is 51.5 Å². The molecule has 0 N–H and O–H groups in total. The first-order valence-corrected chi connectivity index (χ1v) is 22.3. The summed E-state index contributed by atoms with van der Waals surface area (Å²) in [6.07, 6.45) is 8.02. The van der Waals surface area contributed by atoms with Crippen molar-refractivity contribution in [1.82, 2.24) is 38.7 Å². The van der Waals surface area contributed by atoms with E-state index in [4.69, 9.17) is 20.2 Å². The van der Waals surface area contributed by atoms with Crippen LogP contribution in [0.1, 0.15) is 90.7 Å². The SMILES string of the molecule is CC(C)(C)CCc1cc(-n2ccc(-n3c4ccccc4c4ccccc43)n2)nc(C(C)(C)c2cc(CCC(C)(C)C)cc(-n3ccc(-n4c5ccccc5c5ccccc54)n3)n2)c1. The van der Waals surface area contributed by atoms with E-state index in [1.54, 1.807) is 0 Å². The summed E-state index contributed by atoms with van der Waals surface area (Å²) in [5, 5.41) is 15.3. The van der Waals surface area contributed by atoms with Crippen LogP contribution >= 0.6 is 0 Å². The number of pyridine rings is 2. The van der Waals surface area contributed by atoms with Crippen LogP contribution in [0.5, 0.6) is 0 Å². The van der Waals surface area contributed by atoms with Crippen molar-refractivity contribution >= 4 is 43.6 Å². The third-order valence-corrected chi connectivity index (χ3v) is 12.6. The zero-order valence-corrected chi connectivity index (χ0v) is 37.8. The molecule has 8 nitrogen and oxygen atoms in total. The maximum absolute atomic E-state index is 5.45. The van der Waals surface area contributed by atoms with Gasteiger partial charge in [0.1, 0.15) is 0 Å². The molecule has 0 bridgehead atoms. The quantitative estimate of drug-likeness (QED) is 0.138. The molecular formula is C55H56N8. The van der Waals surface area contributed by atoms with Gasteiger partial charge in [0.25, 0.3) is 0 Å². The molecule has 0 saturated heterocycles. The zero-order valence-electron chi connectivity index (χ0n) is 37.8. The summed E-state index contributed by atoms with van der Waals surface area (Å²) in [7, 11) is 0. The smallest absolute Gasteiger partial charge is 0.160 e. The highest BCUT2D eigenvalue weighted by Gasteiger charge is 2.30. The molecule has 10 rings (SSSR count). The zero-order chi connectivity index (χ0) is 43.7. The molecule has 0 aliphatic carbocycles. The van der Waals surface area contributed by atoms with Crippen LogP contribution in [0.15, 0.2) is 146 Å². The second-order valence-corrected chi connectivity index (χ2v) is 20.2. The highest BCUT2D eigenvalue weighted by molar-refractivity contribution is 6.10. The molecule has 6 heterocycles. The molecule has 0 spiro atoms. The second-order valence-electron chi connectivity index (χ2n) is 20.2. The van der Waals surface area contributed by atoms with Gasteiger partial charge in [-0.05, 0) is 110 Å². The maximum atomic E-state index is 5.45. The van der Waals surface area contributed by atoms with E-state index in [0.717, 1.165) is 82.4 Å². The second kappa shape index (κ2) is 15.2. The predicted octanol–water partition coefficient (Wildman–Crippen LogP) is 13.3. The normalized spacial score (nSPS) is 12.7. The lowest BCUT2D eigenvalue weighted by Gasteiger charge is -2.27. The lowest BCUT2D eigenvalue weighted by molar-refractivity contribution is 0.378. The Morgan fingerprint density at radius 1 is 0.397 bits per heavy atom. The van der Waals surface area contributed by atoms with Crippen molar-refractivity contribution in [2.24, 2.45) is 10.8 Å². The lowest BCUT2D eigenvalue weighted by atomic mass is 9.82. The van der Waals surface area contributed by atoms with E-state index in [9.17, 15) is 0 Å². The predicted molar refractivity (Wildman–Crippen MR) is 259 cm³/mol. The summed E-state index contributed by atoms with van der Waals surface area (Å²) < 4.78 is 8.40. The molecule has 10 aromatic rings. The van der Waals surface area contributed by atoms with Crippen LogP contribution in [0, 0.1) is 10.8 Å². The van der Waals surface area contributed by atoms with Crippen LogP contribution in [-0.2, 0) is 18.3 Å². The standard InChI is InChI=1S/C55H56N8/c1-53(2,3)29-25-37-33-47(56-51(35-37)60-31-27-49(58-60)62-43-21-13-9-17-39(43)40-18-10-14-22-44(40)62)55(7,8)48-34-38(26-30-54(4,5)6)36-52(57-48)61-32-28-50(59-61)63-45-23-15-11-19-41(45)42-20-12-16-24-46(42)63/h9-24,27-28,31-36H,25-26,29-30H2,1-8H3. The van der Waals surface area contributed by atoms with Crippen molar-refractivity contribution < 1.29 is 0 Å². The summed E-state index contributed by atoms with van der Waals surface area (Å²) in [5.41, 5.74) is 8.68. The van der Waals surface area contributed by atoms with Crippen molar-refractivity contribution in [1.29, 1.82) is 0 Å². The minimum absolute atomic E-state index is 0.175. The first kappa shape index (κ1) is 40.3. The number of hydrogen-bond donors (Lipinski definition) is 0. The third-order valence-electron chi connectivity index (χ3n) is 12.6. The Labute approximate surface area is 369 Å². The summed E-state index contributed by atoms with van der Waals surface area (Å²) in [6.45, 7) is 18.4. The average Bonchev–Trinajstić information content (AvgIpc) is 4.08. The fourth-order valence-electron chi connectivity index (χ4n) is 8.94. The molecule has 0 radical (unpaired) electrons. The van der Waals surface area contributed by atoms with Crippen molar-refractivity contribution in [2.45, 2.75) is 86.5 Å². The Kier molecular flexibility index (Phi) is 9.74. The number of nitrogens with zero attached hydrogens (tertiary/aromatic N) is 8. The highest BCUT2D eigenvalue weighted by Crippen LogP contribution is 2.36. The van der Waals surface area contributed by atoms with E-state index in [2.05, 4.69) is 198 Å². The van der Waals surface area contributed by atoms with Crippen molar-refractivity contribution in [3.8, 4) is 23.3 Å². The third kappa shape index (κ3) is 7.62. The molecular weight excluding hydrogens is 773 g/mol. The van der Waals surface area contributed by atoms with Crippen LogP contribution in [0.4, 0.5) is 0 Å². The molecule has 0 atom stereocenters. The van der Waals surface area contributed by atoms with Crippen molar-refractivity contribution in [3.05, 3.63) is 168 Å². The minimum atomic E-state index is -0.565. The molecule has 0 aliphatic heterocycles. The van der Waals surface area contributed by atoms with Gasteiger partial charge in [-0.25, -0.2) is 19.3 Å². The number of aryl methyl sites for hydroxylation is 2. The summed E-state index contributed by atoms with van der Waals surface area (Å²) in [5.74, 6) is 3.30. The van der Waals surface area contributed by atoms with E-state index >= 15 is 0 Å². The van der Waals surface area contributed by atoms with Gasteiger partial charge in [-0.15, -0.1) is 10.2 Å². The first-order valence-electron chi connectivity index (χ1n) is 22.3. The minimum Gasteiger partial charge on any atom is -0.292 e. The molecule has 4 aromatic carbocycles. The van der Waals surface area contributed by atoms with Crippen LogP contribution in [0.25, 0.3) is 66.9 Å². The molecule has 316 valence electrons. The number of rotatable bonds is 10. The molecule has 63 heavy (non-hydrogen) atoms. The van der Waals surface area contributed by atoms with Gasteiger partial charge in [-0.3, -0.25) is 9.13 Å². The number of para-hydroxylation sites is 4. The van der Waals surface area contributed by atoms with Crippen LogP contribution in [0.2, 0.25) is 0 Å². The number of aromatic nitrogens is 8. The van der Waals surface area contributed by atoms with E-state index in [1.807, 2.05) is 21.8 Å². The van der Waals surface area contributed by atoms with Gasteiger partial charge in [0.05, 0.1) is 33.5 Å².